The van der Waals surface area contributed by atoms with Gasteiger partial charge in [-0.1, -0.05) is 18.2 Å². The van der Waals surface area contributed by atoms with Gasteiger partial charge in [0.05, 0.1) is 18.8 Å². The van der Waals surface area contributed by atoms with Crippen molar-refractivity contribution in [1.82, 2.24) is 5.32 Å². The van der Waals surface area contributed by atoms with Gasteiger partial charge in [-0.3, -0.25) is 4.99 Å². The number of hydrogen-bond acceptors (Lipinski definition) is 1. The molecule has 10 heavy (non-hydrogen) atoms. The lowest BCUT2D eigenvalue weighted by Gasteiger charge is -2.14. The zero-order valence-corrected chi connectivity index (χ0v) is 5.75. The number of fused-ring (bicyclic) bond motifs is 1. The molecule has 0 aromatic rings. The minimum absolute atomic E-state index is 0.816. The highest BCUT2D eigenvalue weighted by molar-refractivity contribution is 6.05. The molecule has 1 radical (unpaired) electrons. The number of dihydropyridines is 1. The fraction of sp³-hybridized carbons (Fsp3) is 0.375. The standard InChI is InChI=1S/C8H9N2/c1-2-7-3-5-9-6-8(7)10-4-1/h1-3H,4-6H2. The lowest BCUT2D eigenvalue weighted by atomic mass is 10.1. The molecule has 0 unspecified atom stereocenters. The Labute approximate surface area is 60.3 Å². The number of aliphatic imine (C=N–C) groups is 1. The van der Waals surface area contributed by atoms with Crippen LogP contribution in [0.15, 0.2) is 28.8 Å². The molecule has 51 valence electrons. The Kier molecular flexibility index (Phi) is 1.40. The van der Waals surface area contributed by atoms with Crippen molar-refractivity contribution in [3.05, 3.63) is 23.8 Å². The van der Waals surface area contributed by atoms with Gasteiger partial charge in [-0.2, -0.15) is 0 Å². The van der Waals surface area contributed by atoms with Gasteiger partial charge in [0.25, 0.3) is 0 Å². The summed E-state index contributed by atoms with van der Waals surface area (Å²) in [5.74, 6) is 0. The van der Waals surface area contributed by atoms with Crippen LogP contribution in [-0.2, 0) is 0 Å². The summed E-state index contributed by atoms with van der Waals surface area (Å²) in [6.45, 7) is 2.51. The highest BCUT2D eigenvalue weighted by atomic mass is 14.9. The number of hydrogen-bond donors (Lipinski definition) is 0. The van der Waals surface area contributed by atoms with E-state index in [1.807, 2.05) is 0 Å². The van der Waals surface area contributed by atoms with E-state index in [2.05, 4.69) is 28.5 Å². The van der Waals surface area contributed by atoms with E-state index in [1.165, 1.54) is 5.57 Å². The van der Waals surface area contributed by atoms with Crippen LogP contribution in [0.5, 0.6) is 0 Å². The molecule has 2 heteroatoms. The third-order valence-corrected chi connectivity index (χ3v) is 1.72. The van der Waals surface area contributed by atoms with E-state index in [0.717, 1.165) is 25.3 Å². The summed E-state index contributed by atoms with van der Waals surface area (Å²) >= 11 is 0. The molecule has 2 heterocycles. The van der Waals surface area contributed by atoms with E-state index >= 15 is 0 Å². The van der Waals surface area contributed by atoms with Crippen LogP contribution in [0.25, 0.3) is 0 Å². The summed E-state index contributed by atoms with van der Waals surface area (Å²) in [7, 11) is 0. The molecular formula is C8H9N2. The molecule has 2 aliphatic rings. The van der Waals surface area contributed by atoms with Crippen molar-refractivity contribution in [2.75, 3.05) is 19.6 Å². The molecule has 0 saturated carbocycles. The normalized spacial score (nSPS) is 23.2. The lowest BCUT2D eigenvalue weighted by molar-refractivity contribution is 0.822. The van der Waals surface area contributed by atoms with E-state index in [1.54, 1.807) is 0 Å². The molecule has 2 aliphatic heterocycles. The molecule has 0 aromatic carbocycles. The summed E-state index contributed by atoms with van der Waals surface area (Å²) in [5.41, 5.74) is 2.44. The summed E-state index contributed by atoms with van der Waals surface area (Å²) < 4.78 is 0. The Hall–Kier alpha value is -0.890. The van der Waals surface area contributed by atoms with Crippen LogP contribution in [0.1, 0.15) is 0 Å². The zero-order chi connectivity index (χ0) is 6.81. The van der Waals surface area contributed by atoms with Gasteiger partial charge in [0, 0.05) is 6.54 Å². The van der Waals surface area contributed by atoms with Crippen LogP contribution in [-0.4, -0.2) is 25.3 Å². The maximum Gasteiger partial charge on any atom is 0.0577 e. The highest BCUT2D eigenvalue weighted by Gasteiger charge is 2.10. The zero-order valence-electron chi connectivity index (χ0n) is 5.75. The molecule has 0 bridgehead atoms. The first-order valence-electron chi connectivity index (χ1n) is 3.50. The van der Waals surface area contributed by atoms with Crippen LogP contribution in [0.4, 0.5) is 0 Å². The van der Waals surface area contributed by atoms with Gasteiger partial charge < -0.3 is 0 Å². The van der Waals surface area contributed by atoms with Crippen LogP contribution < -0.4 is 5.32 Å². The number of allylic oxidation sites excluding steroid dienone is 1. The molecule has 0 spiro atoms. The molecule has 2 nitrogen and oxygen atoms in total. The fourth-order valence-corrected chi connectivity index (χ4v) is 1.19. The summed E-state index contributed by atoms with van der Waals surface area (Å²) in [6, 6.07) is 0. The first-order valence-corrected chi connectivity index (χ1v) is 3.50. The second-order valence-electron chi connectivity index (χ2n) is 2.41. The average Bonchev–Trinajstić information content (AvgIpc) is 2.05. The van der Waals surface area contributed by atoms with Gasteiger partial charge >= 0.3 is 0 Å². The topological polar surface area (TPSA) is 26.5 Å². The first kappa shape index (κ1) is 5.86. The molecule has 0 aliphatic carbocycles. The van der Waals surface area contributed by atoms with Crippen molar-refractivity contribution in [1.29, 1.82) is 0 Å². The van der Waals surface area contributed by atoms with Gasteiger partial charge in [0.1, 0.15) is 0 Å². The molecule has 0 saturated heterocycles. The molecule has 0 aromatic heterocycles. The van der Waals surface area contributed by atoms with Crippen molar-refractivity contribution in [2.45, 2.75) is 0 Å². The second kappa shape index (κ2) is 2.39. The molecule has 0 amide bonds. The third kappa shape index (κ3) is 0.907. The predicted molar refractivity (Wildman–Crippen MR) is 41.4 cm³/mol. The van der Waals surface area contributed by atoms with Crippen LogP contribution in [0, 0.1) is 0 Å². The lowest BCUT2D eigenvalue weighted by Crippen LogP contribution is -2.25. The quantitative estimate of drug-likeness (QED) is 0.461. The van der Waals surface area contributed by atoms with Gasteiger partial charge in [-0.15, -0.1) is 0 Å². The van der Waals surface area contributed by atoms with Crippen molar-refractivity contribution < 1.29 is 0 Å². The molecule has 2 rings (SSSR count). The van der Waals surface area contributed by atoms with Gasteiger partial charge in [0.15, 0.2) is 0 Å². The average molecular weight is 133 g/mol. The van der Waals surface area contributed by atoms with E-state index in [4.69, 9.17) is 0 Å². The number of rotatable bonds is 0. The van der Waals surface area contributed by atoms with E-state index in [9.17, 15) is 0 Å². The molecule has 0 atom stereocenters. The van der Waals surface area contributed by atoms with Gasteiger partial charge in [0.2, 0.25) is 0 Å². The SMILES string of the molecule is C1=CC2=CC[N]CC2=NC1. The maximum atomic E-state index is 4.32. The van der Waals surface area contributed by atoms with Crippen LogP contribution in [0.2, 0.25) is 0 Å². The third-order valence-electron chi connectivity index (χ3n) is 1.72. The van der Waals surface area contributed by atoms with E-state index in [-0.39, 0.29) is 0 Å². The summed E-state index contributed by atoms with van der Waals surface area (Å²) in [5, 5.41) is 4.22. The van der Waals surface area contributed by atoms with E-state index in [0.29, 0.717) is 0 Å². The Morgan fingerprint density at radius 2 is 2.30 bits per heavy atom. The summed E-state index contributed by atoms with van der Waals surface area (Å²) in [6.07, 6.45) is 6.34. The van der Waals surface area contributed by atoms with Crippen molar-refractivity contribution in [3.8, 4) is 0 Å². The maximum absolute atomic E-state index is 4.32. The Balaban J connectivity index is 2.32. The second-order valence-corrected chi connectivity index (χ2v) is 2.41. The first-order chi connectivity index (χ1) is 4.97. The van der Waals surface area contributed by atoms with Crippen molar-refractivity contribution >= 4 is 5.71 Å². The number of nitrogens with zero attached hydrogens (tertiary/aromatic N) is 2. The monoisotopic (exact) mass is 133 g/mol. The van der Waals surface area contributed by atoms with Crippen LogP contribution >= 0.6 is 0 Å². The highest BCUT2D eigenvalue weighted by Crippen LogP contribution is 2.08. The minimum atomic E-state index is 0.816. The van der Waals surface area contributed by atoms with Crippen LogP contribution in [0.3, 0.4) is 0 Å². The summed E-state index contributed by atoms with van der Waals surface area (Å²) in [4.78, 5) is 4.32. The van der Waals surface area contributed by atoms with Gasteiger partial charge in [-0.05, 0) is 5.57 Å². The molecule has 0 N–H and O–H groups in total. The fourth-order valence-electron chi connectivity index (χ4n) is 1.19. The van der Waals surface area contributed by atoms with E-state index < -0.39 is 0 Å². The largest absolute Gasteiger partial charge is 0.284 e. The van der Waals surface area contributed by atoms with Gasteiger partial charge in [-0.25, -0.2) is 5.32 Å². The Morgan fingerprint density at radius 1 is 1.30 bits per heavy atom. The molecule has 0 fully saturated rings. The Bertz CT molecular complexity index is 223. The smallest absolute Gasteiger partial charge is 0.0577 e. The van der Waals surface area contributed by atoms with Crippen molar-refractivity contribution in [2.24, 2.45) is 4.99 Å². The predicted octanol–water partition coefficient (Wildman–Crippen LogP) is 0.542. The minimum Gasteiger partial charge on any atom is -0.284 e. The van der Waals surface area contributed by atoms with Crippen molar-refractivity contribution in [3.63, 3.8) is 0 Å². The Morgan fingerprint density at radius 3 is 3.20 bits per heavy atom. The molecular weight excluding hydrogens is 124 g/mol.